The molecule has 1 fully saturated rings. The second-order valence-corrected chi connectivity index (χ2v) is 8.96. The third kappa shape index (κ3) is 4.84. The van der Waals surface area contributed by atoms with E-state index in [1.165, 1.54) is 16.4 Å². The van der Waals surface area contributed by atoms with Gasteiger partial charge in [-0.3, -0.25) is 4.79 Å². The van der Waals surface area contributed by atoms with Crippen LogP contribution in [-0.4, -0.2) is 56.8 Å². The first kappa shape index (κ1) is 20.6. The van der Waals surface area contributed by atoms with Crippen LogP contribution in [0.5, 0.6) is 5.75 Å². The standard InChI is InChI=1S/C20H23ClN2O4S/c1-27-18-4-2-3-16(15-18)5-10-20(24)22-11-13-23(14-12-22)28(25,26)19-8-6-17(21)7-9-19/h2-4,6-9,15H,5,10-14H2,1H3. The number of hydrogen-bond acceptors (Lipinski definition) is 4. The van der Waals surface area contributed by atoms with Crippen LogP contribution < -0.4 is 4.74 Å². The Morgan fingerprint density at radius 3 is 2.39 bits per heavy atom. The lowest BCUT2D eigenvalue weighted by Gasteiger charge is -2.34. The fourth-order valence-electron chi connectivity index (χ4n) is 3.17. The highest BCUT2D eigenvalue weighted by molar-refractivity contribution is 7.89. The highest BCUT2D eigenvalue weighted by Gasteiger charge is 2.29. The fourth-order valence-corrected chi connectivity index (χ4v) is 4.72. The Morgan fingerprint density at radius 2 is 1.75 bits per heavy atom. The molecule has 6 nitrogen and oxygen atoms in total. The molecule has 0 radical (unpaired) electrons. The molecule has 3 rings (SSSR count). The molecule has 0 aliphatic carbocycles. The van der Waals surface area contributed by atoms with Gasteiger partial charge < -0.3 is 9.64 Å². The summed E-state index contributed by atoms with van der Waals surface area (Å²) in [6.45, 7) is 1.36. The summed E-state index contributed by atoms with van der Waals surface area (Å²) in [6.07, 6.45) is 1.01. The Kier molecular flexibility index (Phi) is 6.59. The first-order valence-corrected chi connectivity index (χ1v) is 10.9. The van der Waals surface area contributed by atoms with E-state index in [2.05, 4.69) is 0 Å². The van der Waals surface area contributed by atoms with E-state index in [0.29, 0.717) is 31.0 Å². The number of carbonyl (C=O) groups excluding carboxylic acids is 1. The molecule has 0 unspecified atom stereocenters. The fraction of sp³-hybridized carbons (Fsp3) is 0.350. The SMILES string of the molecule is COc1cccc(CCC(=O)N2CCN(S(=O)(=O)c3ccc(Cl)cc3)CC2)c1. The van der Waals surface area contributed by atoms with Gasteiger partial charge in [-0.15, -0.1) is 0 Å². The maximum Gasteiger partial charge on any atom is 0.243 e. The van der Waals surface area contributed by atoms with Crippen molar-refractivity contribution >= 4 is 27.5 Å². The molecule has 28 heavy (non-hydrogen) atoms. The van der Waals surface area contributed by atoms with Gasteiger partial charge in [-0.1, -0.05) is 23.7 Å². The van der Waals surface area contributed by atoms with Crippen LogP contribution >= 0.6 is 11.6 Å². The number of amides is 1. The smallest absolute Gasteiger partial charge is 0.243 e. The van der Waals surface area contributed by atoms with Crippen LogP contribution in [-0.2, 0) is 21.2 Å². The zero-order chi connectivity index (χ0) is 20.1. The van der Waals surface area contributed by atoms with E-state index < -0.39 is 10.0 Å². The second kappa shape index (κ2) is 8.94. The van der Waals surface area contributed by atoms with E-state index in [4.69, 9.17) is 16.3 Å². The molecule has 1 aliphatic heterocycles. The van der Waals surface area contributed by atoms with Crippen molar-refractivity contribution in [1.82, 2.24) is 9.21 Å². The lowest BCUT2D eigenvalue weighted by atomic mass is 10.1. The summed E-state index contributed by atoms with van der Waals surface area (Å²) in [4.78, 5) is 14.4. The number of methoxy groups -OCH3 is 1. The van der Waals surface area contributed by atoms with Gasteiger partial charge in [0.2, 0.25) is 15.9 Å². The Bertz CT molecular complexity index is 923. The van der Waals surface area contributed by atoms with Crippen molar-refractivity contribution in [3.63, 3.8) is 0 Å². The predicted molar refractivity (Wildman–Crippen MR) is 108 cm³/mol. The number of nitrogens with zero attached hydrogens (tertiary/aromatic N) is 2. The van der Waals surface area contributed by atoms with Crippen LogP contribution in [0.1, 0.15) is 12.0 Å². The molecule has 1 amide bonds. The van der Waals surface area contributed by atoms with Crippen LogP contribution in [0.25, 0.3) is 0 Å². The third-order valence-corrected chi connectivity index (χ3v) is 6.97. The molecule has 0 saturated carbocycles. The number of halogens is 1. The molecule has 8 heteroatoms. The molecule has 0 aromatic heterocycles. The molecule has 1 saturated heterocycles. The lowest BCUT2D eigenvalue weighted by Crippen LogP contribution is -2.50. The maximum atomic E-state index is 12.7. The number of sulfonamides is 1. The van der Waals surface area contributed by atoms with Gasteiger partial charge in [-0.2, -0.15) is 4.31 Å². The summed E-state index contributed by atoms with van der Waals surface area (Å²) in [6, 6.07) is 13.8. The Labute approximate surface area is 170 Å². The van der Waals surface area contributed by atoms with Crippen molar-refractivity contribution in [2.45, 2.75) is 17.7 Å². The van der Waals surface area contributed by atoms with Crippen molar-refractivity contribution in [1.29, 1.82) is 0 Å². The topological polar surface area (TPSA) is 66.9 Å². The summed E-state index contributed by atoms with van der Waals surface area (Å²) in [5.74, 6) is 0.803. The van der Waals surface area contributed by atoms with Gasteiger partial charge >= 0.3 is 0 Å². The average molecular weight is 423 g/mol. The summed E-state index contributed by atoms with van der Waals surface area (Å²) >= 11 is 5.83. The summed E-state index contributed by atoms with van der Waals surface area (Å²) in [5.41, 5.74) is 1.04. The number of aryl methyl sites for hydroxylation is 1. The average Bonchev–Trinajstić information content (AvgIpc) is 2.72. The van der Waals surface area contributed by atoms with E-state index in [1.54, 1.807) is 24.1 Å². The number of piperazine rings is 1. The second-order valence-electron chi connectivity index (χ2n) is 6.59. The summed E-state index contributed by atoms with van der Waals surface area (Å²) < 4.78 is 32.0. The Morgan fingerprint density at radius 1 is 1.07 bits per heavy atom. The van der Waals surface area contributed by atoms with Gasteiger partial charge in [0.1, 0.15) is 5.75 Å². The van der Waals surface area contributed by atoms with Crippen LogP contribution in [0.15, 0.2) is 53.4 Å². The van der Waals surface area contributed by atoms with Crippen molar-refractivity contribution in [2.75, 3.05) is 33.3 Å². The number of ether oxygens (including phenoxy) is 1. The minimum atomic E-state index is -3.57. The van der Waals surface area contributed by atoms with Crippen molar-refractivity contribution in [2.24, 2.45) is 0 Å². The molecule has 0 N–H and O–H groups in total. The van der Waals surface area contributed by atoms with E-state index >= 15 is 0 Å². The molecule has 0 atom stereocenters. The molecule has 150 valence electrons. The van der Waals surface area contributed by atoms with Crippen molar-refractivity contribution in [3.05, 3.63) is 59.1 Å². The van der Waals surface area contributed by atoms with E-state index in [9.17, 15) is 13.2 Å². The highest BCUT2D eigenvalue weighted by Crippen LogP contribution is 2.20. The van der Waals surface area contributed by atoms with Crippen molar-refractivity contribution < 1.29 is 17.9 Å². The number of hydrogen-bond donors (Lipinski definition) is 0. The summed E-state index contributed by atoms with van der Waals surface area (Å²) in [7, 11) is -1.96. The Balaban J connectivity index is 1.54. The minimum absolute atomic E-state index is 0.0337. The minimum Gasteiger partial charge on any atom is -0.497 e. The third-order valence-electron chi connectivity index (χ3n) is 4.80. The van der Waals surface area contributed by atoms with E-state index in [-0.39, 0.29) is 23.9 Å². The van der Waals surface area contributed by atoms with Crippen molar-refractivity contribution in [3.8, 4) is 5.75 Å². The van der Waals surface area contributed by atoms with Crippen LogP contribution in [0, 0.1) is 0 Å². The molecule has 1 aliphatic rings. The van der Waals surface area contributed by atoms with E-state index in [0.717, 1.165) is 11.3 Å². The maximum absolute atomic E-state index is 12.7. The first-order chi connectivity index (χ1) is 13.4. The number of carbonyl (C=O) groups is 1. The van der Waals surface area contributed by atoms with Gasteiger partial charge in [0, 0.05) is 37.6 Å². The molecule has 2 aromatic carbocycles. The molecule has 2 aromatic rings. The lowest BCUT2D eigenvalue weighted by molar-refractivity contribution is -0.132. The highest BCUT2D eigenvalue weighted by atomic mass is 35.5. The quantitative estimate of drug-likeness (QED) is 0.717. The van der Waals surface area contributed by atoms with Gasteiger partial charge in [-0.05, 0) is 48.4 Å². The van der Waals surface area contributed by atoms with E-state index in [1.807, 2.05) is 24.3 Å². The monoisotopic (exact) mass is 422 g/mol. The van der Waals surface area contributed by atoms with Gasteiger partial charge in [0.25, 0.3) is 0 Å². The van der Waals surface area contributed by atoms with Gasteiger partial charge in [-0.25, -0.2) is 8.42 Å². The molecule has 0 bridgehead atoms. The Hall–Kier alpha value is -2.09. The van der Waals surface area contributed by atoms with Crippen LogP contribution in [0.4, 0.5) is 0 Å². The van der Waals surface area contributed by atoms with Gasteiger partial charge in [0.15, 0.2) is 0 Å². The van der Waals surface area contributed by atoms with Crippen LogP contribution in [0.3, 0.4) is 0 Å². The predicted octanol–water partition coefficient (Wildman–Crippen LogP) is 2.81. The molecule has 0 spiro atoms. The largest absolute Gasteiger partial charge is 0.497 e. The zero-order valence-corrected chi connectivity index (χ0v) is 17.2. The molecular formula is C20H23ClN2O4S. The molecular weight excluding hydrogens is 400 g/mol. The summed E-state index contributed by atoms with van der Waals surface area (Å²) in [5, 5.41) is 0.491. The van der Waals surface area contributed by atoms with Crippen LogP contribution in [0.2, 0.25) is 5.02 Å². The normalized spacial score (nSPS) is 15.4. The zero-order valence-electron chi connectivity index (χ0n) is 15.7. The molecule has 1 heterocycles. The number of rotatable bonds is 6. The van der Waals surface area contributed by atoms with Gasteiger partial charge in [0.05, 0.1) is 12.0 Å². The first-order valence-electron chi connectivity index (χ1n) is 9.06. The number of benzene rings is 2.